The summed E-state index contributed by atoms with van der Waals surface area (Å²) >= 11 is 0. The second-order valence-electron chi connectivity index (χ2n) is 7.74. The lowest BCUT2D eigenvalue weighted by Gasteiger charge is -2.38. The smallest absolute Gasteiger partial charge is 0.285 e. The number of carbonyl (C=O) groups is 1. The topological polar surface area (TPSA) is 63.5 Å². The molecule has 1 aliphatic heterocycles. The van der Waals surface area contributed by atoms with Gasteiger partial charge in [-0.15, -0.1) is 0 Å². The zero-order valence-corrected chi connectivity index (χ0v) is 14.1. The number of hydrogen-bond acceptors (Lipinski definition) is 4. The Kier molecular flexibility index (Phi) is 3.53. The van der Waals surface area contributed by atoms with Crippen LogP contribution >= 0.6 is 0 Å². The van der Waals surface area contributed by atoms with Crippen molar-refractivity contribution in [1.29, 1.82) is 0 Å². The molecule has 0 radical (unpaired) electrons. The highest BCUT2D eigenvalue weighted by molar-refractivity contribution is 6.00. The van der Waals surface area contributed by atoms with Gasteiger partial charge in [-0.1, -0.05) is 36.8 Å². The van der Waals surface area contributed by atoms with Crippen molar-refractivity contribution in [2.45, 2.75) is 56.0 Å². The average molecular weight is 328 g/mol. The molecule has 0 unspecified atom stereocenters. The predicted molar refractivity (Wildman–Crippen MR) is 90.5 cm³/mol. The second kappa shape index (κ2) is 5.38. The van der Waals surface area contributed by atoms with Gasteiger partial charge in [-0.05, 0) is 50.3 Å². The van der Waals surface area contributed by atoms with Crippen molar-refractivity contribution in [2.24, 2.45) is 5.92 Å². The molecule has 4 rings (SSSR count). The van der Waals surface area contributed by atoms with Crippen LogP contribution in [0.5, 0.6) is 0 Å². The number of carbonyl (C=O) groups excluding carboxylic acids is 1. The van der Waals surface area contributed by atoms with E-state index in [-0.39, 0.29) is 22.5 Å². The molecule has 2 saturated carbocycles. The van der Waals surface area contributed by atoms with Crippen molar-refractivity contribution in [1.82, 2.24) is 4.90 Å². The van der Waals surface area contributed by atoms with Crippen LogP contribution in [-0.2, 0) is 4.79 Å². The molecule has 128 valence electrons. The van der Waals surface area contributed by atoms with Crippen LogP contribution in [0.25, 0.3) is 0 Å². The number of hydrogen-bond donors (Lipinski definition) is 0. The Balaban J connectivity index is 1.89. The molecule has 4 atom stereocenters. The van der Waals surface area contributed by atoms with Gasteiger partial charge in [-0.25, -0.2) is 0 Å². The van der Waals surface area contributed by atoms with Crippen LogP contribution in [0.4, 0.5) is 0 Å². The highest BCUT2D eigenvalue weighted by Gasteiger charge is 2.75. The van der Waals surface area contributed by atoms with E-state index in [0.29, 0.717) is 0 Å². The first-order chi connectivity index (χ1) is 11.5. The van der Waals surface area contributed by atoms with Crippen molar-refractivity contribution in [2.75, 3.05) is 13.1 Å². The molecule has 1 heterocycles. The Hall–Kier alpha value is -1.75. The fourth-order valence-electron chi connectivity index (χ4n) is 5.78. The van der Waals surface area contributed by atoms with E-state index in [1.165, 1.54) is 0 Å². The van der Waals surface area contributed by atoms with Crippen LogP contribution in [0.1, 0.15) is 50.5 Å². The molecule has 0 amide bonds. The van der Waals surface area contributed by atoms with E-state index in [1.807, 2.05) is 30.3 Å². The Morgan fingerprint density at radius 1 is 1.17 bits per heavy atom. The number of benzene rings is 1. The Morgan fingerprint density at radius 3 is 2.46 bits per heavy atom. The molecule has 0 N–H and O–H groups in total. The largest absolute Gasteiger partial charge is 0.291 e. The summed E-state index contributed by atoms with van der Waals surface area (Å²) in [6.45, 7) is 3.37. The lowest BCUT2D eigenvalue weighted by atomic mass is 9.78. The summed E-state index contributed by atoms with van der Waals surface area (Å²) in [6.07, 6.45) is 4.86. The van der Waals surface area contributed by atoms with Crippen molar-refractivity contribution in [3.8, 4) is 0 Å². The van der Waals surface area contributed by atoms with E-state index in [9.17, 15) is 14.9 Å². The van der Waals surface area contributed by atoms with Crippen molar-refractivity contribution in [3.63, 3.8) is 0 Å². The van der Waals surface area contributed by atoms with Gasteiger partial charge in [-0.2, -0.15) is 0 Å². The maximum Gasteiger partial charge on any atom is 0.285 e. The van der Waals surface area contributed by atoms with Crippen LogP contribution in [0.2, 0.25) is 0 Å². The highest BCUT2D eigenvalue weighted by atomic mass is 16.6. The normalized spacial score (nSPS) is 39.3. The molecule has 1 aromatic rings. The minimum absolute atomic E-state index is 0.0564. The number of rotatable bonds is 3. The number of nitrogens with zero attached hydrogens (tertiary/aromatic N) is 2. The fourth-order valence-corrected chi connectivity index (χ4v) is 5.78. The Morgan fingerprint density at radius 2 is 1.83 bits per heavy atom. The summed E-state index contributed by atoms with van der Waals surface area (Å²) in [4.78, 5) is 27.6. The summed E-state index contributed by atoms with van der Waals surface area (Å²) < 4.78 is 0. The van der Waals surface area contributed by atoms with Crippen molar-refractivity contribution in [3.05, 3.63) is 46.0 Å². The Labute approximate surface area is 142 Å². The number of nitro groups is 1. The van der Waals surface area contributed by atoms with Crippen LogP contribution < -0.4 is 0 Å². The maximum absolute atomic E-state index is 13.6. The zero-order valence-electron chi connectivity index (χ0n) is 14.1. The third-order valence-electron chi connectivity index (χ3n) is 6.76. The average Bonchev–Trinajstić information content (AvgIpc) is 3.27. The third-order valence-corrected chi connectivity index (χ3v) is 6.76. The van der Waals surface area contributed by atoms with Gasteiger partial charge < -0.3 is 0 Å². The van der Waals surface area contributed by atoms with Crippen LogP contribution in [-0.4, -0.2) is 39.8 Å². The molecule has 0 bridgehead atoms. The third kappa shape index (κ3) is 1.82. The molecule has 1 saturated heterocycles. The van der Waals surface area contributed by atoms with E-state index in [4.69, 9.17) is 0 Å². The van der Waals surface area contributed by atoms with Gasteiger partial charge >= 0.3 is 0 Å². The van der Waals surface area contributed by atoms with Crippen molar-refractivity contribution >= 4 is 5.78 Å². The van der Waals surface area contributed by atoms with Gasteiger partial charge in [0.25, 0.3) is 5.54 Å². The maximum atomic E-state index is 13.6. The molecule has 3 fully saturated rings. The molecule has 5 heteroatoms. The summed E-state index contributed by atoms with van der Waals surface area (Å²) in [5.41, 5.74) is -1.19. The highest BCUT2D eigenvalue weighted by Crippen LogP contribution is 2.60. The van der Waals surface area contributed by atoms with Gasteiger partial charge in [0.15, 0.2) is 0 Å². The van der Waals surface area contributed by atoms with Gasteiger partial charge in [0.2, 0.25) is 5.78 Å². The minimum Gasteiger partial charge on any atom is -0.291 e. The standard InChI is InChI=1S/C19H24N2O3/c1-18(21(23)24)16(14-8-3-2-4-9-14)15-10-7-11-19(15,17(18)22)20-12-5-6-13-20/h2-4,8-9,15-16H,5-7,10-13H2,1H3/t15-,16-,18+,19+/m0/s1. The summed E-state index contributed by atoms with van der Waals surface area (Å²) in [7, 11) is 0. The van der Waals surface area contributed by atoms with Gasteiger partial charge in [0.1, 0.15) is 0 Å². The van der Waals surface area contributed by atoms with E-state index in [0.717, 1.165) is 50.8 Å². The first-order valence-electron chi connectivity index (χ1n) is 9.02. The number of fused-ring (bicyclic) bond motifs is 1. The van der Waals surface area contributed by atoms with E-state index in [2.05, 4.69) is 4.90 Å². The molecule has 1 aromatic carbocycles. The van der Waals surface area contributed by atoms with Crippen LogP contribution in [0.15, 0.2) is 30.3 Å². The summed E-state index contributed by atoms with van der Waals surface area (Å²) in [5, 5.41) is 12.1. The summed E-state index contributed by atoms with van der Waals surface area (Å²) in [5.74, 6) is -0.413. The molecule has 0 spiro atoms. The van der Waals surface area contributed by atoms with E-state index >= 15 is 0 Å². The lowest BCUT2D eigenvalue weighted by molar-refractivity contribution is -0.550. The molecular formula is C19H24N2O3. The fraction of sp³-hybridized carbons (Fsp3) is 0.632. The number of likely N-dealkylation sites (tertiary alicyclic amines) is 1. The monoisotopic (exact) mass is 328 g/mol. The van der Waals surface area contributed by atoms with E-state index < -0.39 is 11.1 Å². The SMILES string of the molecule is C[C@]1([N+](=O)[O-])C(=O)[C@@]2(N3CCCC3)CCC[C@H]2[C@@H]1c1ccccc1. The molecule has 24 heavy (non-hydrogen) atoms. The van der Waals surface area contributed by atoms with Gasteiger partial charge in [0.05, 0.1) is 11.5 Å². The predicted octanol–water partition coefficient (Wildman–Crippen LogP) is 3.02. The zero-order chi connectivity index (χ0) is 16.9. The Bertz CT molecular complexity index is 670. The van der Waals surface area contributed by atoms with E-state index in [1.54, 1.807) is 6.92 Å². The van der Waals surface area contributed by atoms with Crippen LogP contribution in [0, 0.1) is 16.0 Å². The van der Waals surface area contributed by atoms with Gasteiger partial charge in [-0.3, -0.25) is 19.8 Å². The molecule has 5 nitrogen and oxygen atoms in total. The first kappa shape index (κ1) is 15.8. The first-order valence-corrected chi connectivity index (χ1v) is 9.02. The quantitative estimate of drug-likeness (QED) is 0.632. The lowest BCUT2D eigenvalue weighted by Crippen LogP contribution is -2.57. The van der Waals surface area contributed by atoms with Crippen LogP contribution in [0.3, 0.4) is 0 Å². The molecular weight excluding hydrogens is 304 g/mol. The molecule has 0 aromatic heterocycles. The molecule has 3 aliphatic rings. The minimum atomic E-state index is -1.52. The van der Waals surface area contributed by atoms with Gasteiger partial charge in [0, 0.05) is 11.8 Å². The molecule has 2 aliphatic carbocycles. The second-order valence-corrected chi connectivity index (χ2v) is 7.74. The number of Topliss-reactive ketones (excluding diaryl/α,β-unsaturated/α-hetero) is 1. The van der Waals surface area contributed by atoms with Crippen molar-refractivity contribution < 1.29 is 9.72 Å². The summed E-state index contributed by atoms with van der Waals surface area (Å²) in [6, 6.07) is 9.68. The number of ketones is 1.